The Kier molecular flexibility index (Phi) is 5.00. The van der Waals surface area contributed by atoms with Crippen LogP contribution >= 0.6 is 11.3 Å². The summed E-state index contributed by atoms with van der Waals surface area (Å²) in [6.45, 7) is 2.08. The Morgan fingerprint density at radius 3 is 2.83 bits per heavy atom. The van der Waals surface area contributed by atoms with Gasteiger partial charge in [0, 0.05) is 6.92 Å². The number of aromatic nitrogens is 3. The lowest BCUT2D eigenvalue weighted by molar-refractivity contribution is 0.100. The highest BCUT2D eigenvalue weighted by molar-refractivity contribution is 7.22. The first kappa shape index (κ1) is 19.2. The second-order valence-electron chi connectivity index (χ2n) is 7.95. The van der Waals surface area contributed by atoms with Gasteiger partial charge < -0.3 is 15.0 Å². The molecule has 7 heteroatoms. The molecule has 0 aliphatic heterocycles. The van der Waals surface area contributed by atoms with Crippen LogP contribution < -0.4 is 5.32 Å². The van der Waals surface area contributed by atoms with Gasteiger partial charge in [0.05, 0.1) is 39.9 Å². The number of ketones is 1. The number of para-hydroxylation sites is 3. The third kappa shape index (κ3) is 3.48. The number of nitrogens with zero attached hydrogens (tertiary/aromatic N) is 3. The van der Waals surface area contributed by atoms with Crippen molar-refractivity contribution < 1.29 is 9.90 Å². The number of aliphatic hydroxyl groups excluding tert-OH is 1. The number of anilines is 1. The van der Waals surface area contributed by atoms with Crippen LogP contribution in [0.4, 0.5) is 5.13 Å². The number of carbonyl (C=O) groups excluding carboxylic acids is 1. The highest BCUT2D eigenvalue weighted by atomic mass is 32.1. The van der Waals surface area contributed by atoms with Crippen LogP contribution in [0, 0.1) is 0 Å². The molecule has 1 saturated carbocycles. The van der Waals surface area contributed by atoms with Gasteiger partial charge in [-0.3, -0.25) is 4.79 Å². The van der Waals surface area contributed by atoms with E-state index in [4.69, 9.17) is 4.98 Å². The summed E-state index contributed by atoms with van der Waals surface area (Å²) >= 11 is 1.61. The van der Waals surface area contributed by atoms with Gasteiger partial charge in [0.1, 0.15) is 0 Å². The van der Waals surface area contributed by atoms with E-state index in [1.807, 2.05) is 34.9 Å². The first-order chi connectivity index (χ1) is 14.6. The monoisotopic (exact) mass is 420 g/mol. The van der Waals surface area contributed by atoms with Crippen molar-refractivity contribution in [1.29, 1.82) is 0 Å². The van der Waals surface area contributed by atoms with E-state index in [0.717, 1.165) is 57.6 Å². The van der Waals surface area contributed by atoms with E-state index in [2.05, 4.69) is 22.4 Å². The second-order valence-corrected chi connectivity index (χ2v) is 8.98. The molecule has 2 heterocycles. The molecule has 2 unspecified atom stereocenters. The molecule has 0 saturated heterocycles. The minimum Gasteiger partial charge on any atom is -0.391 e. The Bertz CT molecular complexity index is 1230. The lowest BCUT2D eigenvalue weighted by atomic mass is 9.93. The largest absolute Gasteiger partial charge is 0.391 e. The molecule has 30 heavy (non-hydrogen) atoms. The zero-order valence-electron chi connectivity index (χ0n) is 16.8. The molecular formula is C23H24N4O2S. The normalized spacial score (nSPS) is 19.4. The molecule has 2 aromatic heterocycles. The van der Waals surface area contributed by atoms with Crippen LogP contribution in [0.1, 0.15) is 48.8 Å². The molecule has 2 aromatic carbocycles. The Morgan fingerprint density at radius 2 is 2.00 bits per heavy atom. The summed E-state index contributed by atoms with van der Waals surface area (Å²) in [5, 5.41) is 14.6. The van der Waals surface area contributed by atoms with Gasteiger partial charge in [0.15, 0.2) is 16.7 Å². The molecule has 2 atom stereocenters. The number of imidazole rings is 1. The number of rotatable bonds is 5. The molecule has 6 nitrogen and oxygen atoms in total. The van der Waals surface area contributed by atoms with Gasteiger partial charge in [-0.05, 0) is 36.6 Å². The van der Waals surface area contributed by atoms with E-state index in [1.54, 1.807) is 18.3 Å². The van der Waals surface area contributed by atoms with Crippen molar-refractivity contribution in [2.24, 2.45) is 0 Å². The number of hydrogen-bond donors (Lipinski definition) is 2. The third-order valence-corrected chi connectivity index (χ3v) is 6.79. The third-order valence-electron chi connectivity index (χ3n) is 5.84. The number of benzene rings is 2. The van der Waals surface area contributed by atoms with Crippen LogP contribution in [0.25, 0.3) is 21.3 Å². The van der Waals surface area contributed by atoms with Crippen molar-refractivity contribution in [3.63, 3.8) is 0 Å². The number of nitrogens with one attached hydrogen (secondary N) is 1. The number of hydrogen-bond acceptors (Lipinski definition) is 6. The molecule has 1 fully saturated rings. The molecule has 0 bridgehead atoms. The smallest absolute Gasteiger partial charge is 0.195 e. The highest BCUT2D eigenvalue weighted by Gasteiger charge is 2.24. The average Bonchev–Trinajstić information content (AvgIpc) is 3.32. The van der Waals surface area contributed by atoms with Gasteiger partial charge in [0.2, 0.25) is 0 Å². The van der Waals surface area contributed by atoms with Gasteiger partial charge in [-0.2, -0.15) is 0 Å². The first-order valence-electron chi connectivity index (χ1n) is 10.4. The zero-order chi connectivity index (χ0) is 20.7. The number of aliphatic hydroxyl groups is 1. The molecule has 5 rings (SSSR count). The minimum absolute atomic E-state index is 0.0507. The van der Waals surface area contributed by atoms with E-state index in [9.17, 15) is 9.90 Å². The van der Waals surface area contributed by atoms with E-state index < -0.39 is 0 Å². The van der Waals surface area contributed by atoms with Crippen LogP contribution in [0.2, 0.25) is 0 Å². The van der Waals surface area contributed by atoms with Gasteiger partial charge in [-0.15, -0.1) is 0 Å². The lowest BCUT2D eigenvalue weighted by Crippen LogP contribution is -2.36. The van der Waals surface area contributed by atoms with Crippen molar-refractivity contribution in [3.8, 4) is 0 Å². The van der Waals surface area contributed by atoms with Crippen LogP contribution in [-0.2, 0) is 6.54 Å². The standard InChI is InChI=1S/C23H24N4O2S/c1-14(28)22-24-16-8-2-4-10-18(16)27(22)13-15-7-6-12-20-21(15)26-23(30-20)25-17-9-3-5-11-19(17)29/h2,4,6-8,10,12,17,19,29H,3,5,9,11,13H2,1H3,(H,25,26). The molecular weight excluding hydrogens is 396 g/mol. The van der Waals surface area contributed by atoms with E-state index >= 15 is 0 Å². The van der Waals surface area contributed by atoms with Crippen molar-refractivity contribution in [3.05, 3.63) is 53.9 Å². The van der Waals surface area contributed by atoms with Gasteiger partial charge in [-0.25, -0.2) is 9.97 Å². The molecule has 1 aliphatic carbocycles. The SMILES string of the molecule is CC(=O)c1nc2ccccc2n1Cc1cccc2sc(NC3CCCCC3O)nc12. The molecule has 1 aliphatic rings. The second kappa shape index (κ2) is 7.81. The van der Waals surface area contributed by atoms with Crippen LogP contribution in [0.15, 0.2) is 42.5 Å². The zero-order valence-corrected chi connectivity index (χ0v) is 17.7. The Balaban J connectivity index is 1.51. The minimum atomic E-state index is -0.319. The van der Waals surface area contributed by atoms with Crippen molar-refractivity contribution in [1.82, 2.24) is 14.5 Å². The molecule has 0 radical (unpaired) electrons. The lowest BCUT2D eigenvalue weighted by Gasteiger charge is -2.28. The predicted molar refractivity (Wildman–Crippen MR) is 120 cm³/mol. The summed E-state index contributed by atoms with van der Waals surface area (Å²) in [5.41, 5.74) is 3.75. The van der Waals surface area contributed by atoms with Crippen molar-refractivity contribution in [2.75, 3.05) is 5.32 Å². The Morgan fingerprint density at radius 1 is 1.17 bits per heavy atom. The molecule has 4 aromatic rings. The average molecular weight is 421 g/mol. The molecule has 0 amide bonds. The topological polar surface area (TPSA) is 80.0 Å². The molecule has 154 valence electrons. The fourth-order valence-corrected chi connectivity index (χ4v) is 5.28. The summed E-state index contributed by atoms with van der Waals surface area (Å²) in [7, 11) is 0. The summed E-state index contributed by atoms with van der Waals surface area (Å²) in [5.74, 6) is 0.414. The van der Waals surface area contributed by atoms with Gasteiger partial charge >= 0.3 is 0 Å². The number of Topliss-reactive ketones (excluding diaryl/α,β-unsaturated/α-hetero) is 1. The maximum atomic E-state index is 12.2. The maximum absolute atomic E-state index is 12.2. The fraction of sp³-hybridized carbons (Fsp3) is 0.348. The van der Waals surface area contributed by atoms with E-state index in [1.165, 1.54) is 0 Å². The molecule has 2 N–H and O–H groups in total. The highest BCUT2D eigenvalue weighted by Crippen LogP contribution is 2.32. The number of thiazole rings is 1. The summed E-state index contributed by atoms with van der Waals surface area (Å²) in [6, 6.07) is 14.0. The van der Waals surface area contributed by atoms with Crippen molar-refractivity contribution >= 4 is 43.5 Å². The van der Waals surface area contributed by atoms with Gasteiger partial charge in [0.25, 0.3) is 0 Å². The Hall–Kier alpha value is -2.77. The maximum Gasteiger partial charge on any atom is 0.195 e. The van der Waals surface area contributed by atoms with Crippen LogP contribution in [-0.4, -0.2) is 37.6 Å². The van der Waals surface area contributed by atoms with Crippen LogP contribution in [0.5, 0.6) is 0 Å². The Labute approximate surface area is 178 Å². The summed E-state index contributed by atoms with van der Waals surface area (Å²) in [6.07, 6.45) is 3.70. The summed E-state index contributed by atoms with van der Waals surface area (Å²) < 4.78 is 3.07. The van der Waals surface area contributed by atoms with Gasteiger partial charge in [-0.1, -0.05) is 48.4 Å². The van der Waals surface area contributed by atoms with Crippen molar-refractivity contribution in [2.45, 2.75) is 51.3 Å². The summed E-state index contributed by atoms with van der Waals surface area (Å²) in [4.78, 5) is 21.6. The first-order valence-corrected chi connectivity index (χ1v) is 11.2. The fourth-order valence-electron chi connectivity index (χ4n) is 4.31. The number of carbonyl (C=O) groups is 1. The predicted octanol–water partition coefficient (Wildman–Crippen LogP) is 4.61. The quantitative estimate of drug-likeness (QED) is 0.461. The van der Waals surface area contributed by atoms with Crippen LogP contribution in [0.3, 0.4) is 0 Å². The van der Waals surface area contributed by atoms with E-state index in [0.29, 0.717) is 12.4 Å². The number of fused-ring (bicyclic) bond motifs is 2. The van der Waals surface area contributed by atoms with E-state index in [-0.39, 0.29) is 17.9 Å². The molecule has 0 spiro atoms.